The van der Waals surface area contributed by atoms with Crippen LogP contribution in [0.5, 0.6) is 0 Å². The zero-order chi connectivity index (χ0) is 14.0. The summed E-state index contributed by atoms with van der Waals surface area (Å²) in [7, 11) is 0. The van der Waals surface area contributed by atoms with Crippen LogP contribution in [0, 0.1) is 0 Å². The predicted octanol–water partition coefficient (Wildman–Crippen LogP) is -0.0762. The van der Waals surface area contributed by atoms with Crippen LogP contribution < -0.4 is 0 Å². The third-order valence-electron chi connectivity index (χ3n) is 1.48. The molecule has 18 heavy (non-hydrogen) atoms. The summed E-state index contributed by atoms with van der Waals surface area (Å²) in [6.45, 7) is -2.94. The highest BCUT2D eigenvalue weighted by Crippen LogP contribution is 2.05. The van der Waals surface area contributed by atoms with Crippen LogP contribution in [0.25, 0.3) is 0 Å². The van der Waals surface area contributed by atoms with E-state index in [0.717, 1.165) is 0 Å². The van der Waals surface area contributed by atoms with E-state index in [0.29, 0.717) is 0 Å². The molecular weight excluding hydrogens is 278 g/mol. The lowest BCUT2D eigenvalue weighted by Crippen LogP contribution is -2.31. The third kappa shape index (κ3) is 8.03. The number of carbonyl (C=O) groups excluding carboxylic acids is 2. The normalized spacial score (nSPS) is 13.7. The summed E-state index contributed by atoms with van der Waals surface area (Å²) in [5.41, 5.74) is 0. The molecule has 0 fully saturated rings. The Balaban J connectivity index is 4.33. The molecule has 0 bridgehead atoms. The molecule has 0 aliphatic heterocycles. The molecule has 7 nitrogen and oxygen atoms in total. The van der Waals surface area contributed by atoms with Gasteiger partial charge in [-0.15, -0.1) is 0 Å². The first kappa shape index (κ1) is 16.9. The van der Waals surface area contributed by atoms with Crippen molar-refractivity contribution in [1.29, 1.82) is 0 Å². The number of hydrogen-bond donors (Lipinski definition) is 1. The Morgan fingerprint density at radius 3 is 2.22 bits per heavy atom. The molecule has 0 aromatic heterocycles. The molecule has 0 aromatic carbocycles. The fourth-order valence-corrected chi connectivity index (χ4v) is 1.20. The Hall–Kier alpha value is -1.13. The molecule has 0 aliphatic carbocycles. The maximum Gasteiger partial charge on any atom is 0.337 e. The fraction of sp³-hybridized carbons (Fsp3) is 0.750. The summed E-state index contributed by atoms with van der Waals surface area (Å²) in [6.07, 6.45) is -2.45. The molecule has 0 aromatic rings. The van der Waals surface area contributed by atoms with Crippen molar-refractivity contribution >= 4 is 23.3 Å². The van der Waals surface area contributed by atoms with E-state index in [1.165, 1.54) is 0 Å². The molecule has 0 aliphatic rings. The van der Waals surface area contributed by atoms with Gasteiger partial charge in [-0.25, -0.2) is 13.6 Å². The van der Waals surface area contributed by atoms with E-state index < -0.39 is 62.4 Å². The maximum absolute atomic E-state index is 11.7. The molecule has 2 atom stereocenters. The van der Waals surface area contributed by atoms with Gasteiger partial charge < -0.3 is 9.47 Å². The molecule has 0 rings (SSSR count). The lowest BCUT2D eigenvalue weighted by molar-refractivity contribution is -0.158. The standard InChI is InChI=1S/C8H12F2O7S/c9-1-3-15-7(11)5-6(17-18(13)14)8(12)16-4-2-10/h6H,1-5H2,(H,13,14). The second-order valence-electron chi connectivity index (χ2n) is 2.77. The van der Waals surface area contributed by atoms with Crippen LogP contribution >= 0.6 is 0 Å². The van der Waals surface area contributed by atoms with Gasteiger partial charge in [0.2, 0.25) is 0 Å². The minimum Gasteiger partial charge on any atom is -0.463 e. The molecule has 0 radical (unpaired) electrons. The molecule has 0 saturated carbocycles. The number of carbonyl (C=O) groups is 2. The minimum atomic E-state index is -2.82. The lowest BCUT2D eigenvalue weighted by atomic mass is 10.2. The fourth-order valence-electron chi connectivity index (χ4n) is 0.851. The average Bonchev–Trinajstić information content (AvgIpc) is 2.32. The average molecular weight is 290 g/mol. The van der Waals surface area contributed by atoms with Crippen LogP contribution in [0.4, 0.5) is 8.78 Å². The number of ether oxygens (including phenoxy) is 2. The van der Waals surface area contributed by atoms with E-state index in [1.807, 2.05) is 0 Å². The summed E-state index contributed by atoms with van der Waals surface area (Å²) in [6, 6.07) is 0. The van der Waals surface area contributed by atoms with Crippen molar-refractivity contribution in [2.75, 3.05) is 26.6 Å². The lowest BCUT2D eigenvalue weighted by Gasteiger charge is -2.12. The smallest absolute Gasteiger partial charge is 0.337 e. The predicted molar refractivity (Wildman–Crippen MR) is 54.1 cm³/mol. The highest BCUT2D eigenvalue weighted by atomic mass is 32.2. The Morgan fingerprint density at radius 2 is 1.72 bits per heavy atom. The van der Waals surface area contributed by atoms with Gasteiger partial charge in [0.1, 0.15) is 26.6 Å². The van der Waals surface area contributed by atoms with Crippen LogP contribution in [-0.4, -0.2) is 53.4 Å². The van der Waals surface area contributed by atoms with Crippen molar-refractivity contribution in [2.24, 2.45) is 0 Å². The van der Waals surface area contributed by atoms with Crippen molar-refractivity contribution < 1.29 is 40.8 Å². The van der Waals surface area contributed by atoms with Crippen LogP contribution in [-0.2, 0) is 34.6 Å². The summed E-state index contributed by atoms with van der Waals surface area (Å²) in [4.78, 5) is 22.2. The first-order valence-electron chi connectivity index (χ1n) is 4.73. The summed E-state index contributed by atoms with van der Waals surface area (Å²) < 4.78 is 55.1. The topological polar surface area (TPSA) is 99.1 Å². The monoisotopic (exact) mass is 290 g/mol. The number of halogens is 2. The van der Waals surface area contributed by atoms with E-state index in [9.17, 15) is 22.6 Å². The Kier molecular flexibility index (Phi) is 9.24. The van der Waals surface area contributed by atoms with Crippen molar-refractivity contribution in [3.63, 3.8) is 0 Å². The van der Waals surface area contributed by atoms with E-state index in [1.54, 1.807) is 0 Å². The molecular formula is C8H12F2O7S. The number of esters is 2. The third-order valence-corrected chi connectivity index (χ3v) is 1.87. The minimum absolute atomic E-state index is 0.507. The quantitative estimate of drug-likeness (QED) is 0.468. The van der Waals surface area contributed by atoms with E-state index in [-0.39, 0.29) is 0 Å². The highest BCUT2D eigenvalue weighted by Gasteiger charge is 2.27. The van der Waals surface area contributed by atoms with Gasteiger partial charge in [0.25, 0.3) is 0 Å². The van der Waals surface area contributed by atoms with Gasteiger partial charge in [-0.1, -0.05) is 0 Å². The van der Waals surface area contributed by atoms with Crippen LogP contribution in [0.3, 0.4) is 0 Å². The molecule has 0 saturated heterocycles. The SMILES string of the molecule is O=C(CC(OS(=O)O)C(=O)OCCF)OCCF. The van der Waals surface area contributed by atoms with Gasteiger partial charge in [0.15, 0.2) is 6.10 Å². The number of hydrogen-bond acceptors (Lipinski definition) is 6. The molecule has 106 valence electrons. The van der Waals surface area contributed by atoms with Crippen molar-refractivity contribution in [1.82, 2.24) is 0 Å². The second-order valence-corrected chi connectivity index (χ2v) is 3.40. The zero-order valence-electron chi connectivity index (χ0n) is 9.17. The van der Waals surface area contributed by atoms with Gasteiger partial charge in [0, 0.05) is 0 Å². The van der Waals surface area contributed by atoms with Gasteiger partial charge in [-0.05, 0) is 0 Å². The number of rotatable bonds is 9. The van der Waals surface area contributed by atoms with Crippen molar-refractivity contribution in [3.8, 4) is 0 Å². The van der Waals surface area contributed by atoms with Crippen molar-refractivity contribution in [3.05, 3.63) is 0 Å². The highest BCUT2D eigenvalue weighted by molar-refractivity contribution is 7.74. The molecule has 1 N–H and O–H groups in total. The number of alkyl halides is 2. The van der Waals surface area contributed by atoms with Gasteiger partial charge in [-0.2, -0.15) is 4.21 Å². The second kappa shape index (κ2) is 9.85. The van der Waals surface area contributed by atoms with Gasteiger partial charge in [-0.3, -0.25) is 13.5 Å². The maximum atomic E-state index is 11.7. The van der Waals surface area contributed by atoms with E-state index >= 15 is 0 Å². The molecule has 0 amide bonds. The first-order valence-corrected chi connectivity index (χ1v) is 5.76. The summed E-state index contributed by atoms with van der Waals surface area (Å²) in [5.74, 6) is -2.20. The zero-order valence-corrected chi connectivity index (χ0v) is 9.99. The van der Waals surface area contributed by atoms with Gasteiger partial charge in [0.05, 0.1) is 6.42 Å². The Morgan fingerprint density at radius 1 is 1.17 bits per heavy atom. The Labute approximate surface area is 104 Å². The molecule has 0 spiro atoms. The van der Waals surface area contributed by atoms with Crippen LogP contribution in [0.2, 0.25) is 0 Å². The van der Waals surface area contributed by atoms with Crippen molar-refractivity contribution in [2.45, 2.75) is 12.5 Å². The van der Waals surface area contributed by atoms with E-state index in [4.69, 9.17) is 4.55 Å². The van der Waals surface area contributed by atoms with E-state index in [2.05, 4.69) is 13.7 Å². The molecule has 0 heterocycles. The first-order chi connectivity index (χ1) is 8.51. The summed E-state index contributed by atoms with van der Waals surface area (Å²) >= 11 is -2.82. The Bertz CT molecular complexity index is 299. The summed E-state index contributed by atoms with van der Waals surface area (Å²) in [5, 5.41) is 0. The molecule has 2 unspecified atom stereocenters. The van der Waals surface area contributed by atoms with Crippen LogP contribution in [0.15, 0.2) is 0 Å². The van der Waals surface area contributed by atoms with Gasteiger partial charge >= 0.3 is 23.3 Å². The molecule has 10 heteroatoms. The van der Waals surface area contributed by atoms with Crippen LogP contribution in [0.1, 0.15) is 6.42 Å². The largest absolute Gasteiger partial charge is 0.463 e.